The van der Waals surface area contributed by atoms with Gasteiger partial charge in [0, 0.05) is 11.7 Å². The third kappa shape index (κ3) is 3.17. The van der Waals surface area contributed by atoms with Gasteiger partial charge in [-0.1, -0.05) is 42.5 Å². The smallest absolute Gasteiger partial charge is 0.171 e. The quantitative estimate of drug-likeness (QED) is 0.824. The zero-order chi connectivity index (χ0) is 13.8. The summed E-state index contributed by atoms with van der Waals surface area (Å²) in [7, 11) is 0. The maximum absolute atomic E-state index is 5.39. The number of fused-ring (bicyclic) bond motifs is 1. The lowest BCUT2D eigenvalue weighted by Gasteiger charge is -2.26. The number of hydrogen-bond donors (Lipinski definition) is 2. The largest absolute Gasteiger partial charge is 0.359 e. The zero-order valence-electron chi connectivity index (χ0n) is 11.3. The highest BCUT2D eigenvalue weighted by molar-refractivity contribution is 7.80. The first-order valence-corrected chi connectivity index (χ1v) is 7.41. The van der Waals surface area contributed by atoms with Crippen molar-refractivity contribution in [3.05, 3.63) is 65.7 Å². The van der Waals surface area contributed by atoms with Crippen molar-refractivity contribution in [2.75, 3.05) is 5.32 Å². The molecule has 2 aromatic rings. The minimum atomic E-state index is 0.425. The van der Waals surface area contributed by atoms with Gasteiger partial charge in [0.1, 0.15) is 0 Å². The van der Waals surface area contributed by atoms with Gasteiger partial charge in [-0.3, -0.25) is 0 Å². The molecule has 20 heavy (non-hydrogen) atoms. The van der Waals surface area contributed by atoms with Crippen molar-refractivity contribution in [1.82, 2.24) is 5.32 Å². The summed E-state index contributed by atoms with van der Waals surface area (Å²) in [5.74, 6) is 0. The normalized spacial score (nSPS) is 17.1. The van der Waals surface area contributed by atoms with E-state index in [1.54, 1.807) is 0 Å². The van der Waals surface area contributed by atoms with Crippen LogP contribution in [0.5, 0.6) is 0 Å². The minimum Gasteiger partial charge on any atom is -0.359 e. The van der Waals surface area contributed by atoms with Crippen LogP contribution in [0.25, 0.3) is 0 Å². The van der Waals surface area contributed by atoms with Crippen LogP contribution in [-0.2, 0) is 12.8 Å². The Morgan fingerprint density at radius 3 is 2.45 bits per heavy atom. The molecular formula is C17H18N2S. The molecule has 0 heterocycles. The van der Waals surface area contributed by atoms with Crippen molar-refractivity contribution in [3.63, 3.8) is 0 Å². The Labute approximate surface area is 125 Å². The summed E-state index contributed by atoms with van der Waals surface area (Å²) in [4.78, 5) is 0. The van der Waals surface area contributed by atoms with Gasteiger partial charge in [0.2, 0.25) is 0 Å². The summed E-state index contributed by atoms with van der Waals surface area (Å²) in [5, 5.41) is 7.37. The zero-order valence-corrected chi connectivity index (χ0v) is 12.1. The average Bonchev–Trinajstić information content (AvgIpc) is 2.48. The first-order valence-electron chi connectivity index (χ1n) is 7.00. The van der Waals surface area contributed by atoms with Crippen LogP contribution in [0.2, 0.25) is 0 Å². The van der Waals surface area contributed by atoms with Gasteiger partial charge < -0.3 is 10.6 Å². The molecule has 0 spiro atoms. The van der Waals surface area contributed by atoms with Gasteiger partial charge in [0.15, 0.2) is 5.11 Å². The van der Waals surface area contributed by atoms with E-state index in [9.17, 15) is 0 Å². The molecule has 0 bridgehead atoms. The molecule has 0 amide bonds. The van der Waals surface area contributed by atoms with E-state index in [1.807, 2.05) is 30.3 Å². The van der Waals surface area contributed by atoms with Crippen LogP contribution >= 0.6 is 12.2 Å². The maximum atomic E-state index is 5.39. The van der Waals surface area contributed by atoms with Crippen molar-refractivity contribution in [1.29, 1.82) is 0 Å². The molecule has 3 heteroatoms. The van der Waals surface area contributed by atoms with Crippen LogP contribution in [0.1, 0.15) is 17.5 Å². The van der Waals surface area contributed by atoms with E-state index < -0.39 is 0 Å². The molecule has 2 N–H and O–H groups in total. The standard InChI is InChI=1S/C17H18N2S/c20-17(18-15-8-2-1-3-9-15)19-16-11-10-13-6-4-5-7-14(13)12-16/h1-9,16H,10-12H2,(H2,18,19,20). The fourth-order valence-electron chi connectivity index (χ4n) is 2.70. The maximum Gasteiger partial charge on any atom is 0.171 e. The average molecular weight is 282 g/mol. The second kappa shape index (κ2) is 6.06. The molecule has 0 fully saturated rings. The second-order valence-corrected chi connectivity index (χ2v) is 5.58. The summed E-state index contributed by atoms with van der Waals surface area (Å²) in [6, 6.07) is 19.1. The molecule has 2 aromatic carbocycles. The fourth-order valence-corrected chi connectivity index (χ4v) is 2.98. The highest BCUT2D eigenvalue weighted by atomic mass is 32.1. The summed E-state index contributed by atoms with van der Waals surface area (Å²) in [5.41, 5.74) is 3.95. The Balaban J connectivity index is 1.58. The van der Waals surface area contributed by atoms with Gasteiger partial charge in [0.05, 0.1) is 0 Å². The van der Waals surface area contributed by atoms with Crippen molar-refractivity contribution in [3.8, 4) is 0 Å². The predicted octanol–water partition coefficient (Wildman–Crippen LogP) is 3.53. The van der Waals surface area contributed by atoms with Crippen LogP contribution in [0.4, 0.5) is 5.69 Å². The lowest BCUT2D eigenvalue weighted by atomic mass is 9.88. The Morgan fingerprint density at radius 2 is 1.65 bits per heavy atom. The molecule has 1 aliphatic carbocycles. The molecule has 0 saturated carbocycles. The van der Waals surface area contributed by atoms with Gasteiger partial charge in [-0.2, -0.15) is 0 Å². The number of aryl methyl sites for hydroxylation is 1. The topological polar surface area (TPSA) is 24.1 Å². The summed E-state index contributed by atoms with van der Waals surface area (Å²) in [6.07, 6.45) is 3.31. The molecule has 0 saturated heterocycles. The summed E-state index contributed by atoms with van der Waals surface area (Å²) in [6.45, 7) is 0. The van der Waals surface area contributed by atoms with E-state index in [0.717, 1.165) is 24.9 Å². The highest BCUT2D eigenvalue weighted by Crippen LogP contribution is 2.21. The number of nitrogens with one attached hydrogen (secondary N) is 2. The molecule has 102 valence electrons. The SMILES string of the molecule is S=C(Nc1ccccc1)NC1CCc2ccccc2C1. The minimum absolute atomic E-state index is 0.425. The molecule has 0 aliphatic heterocycles. The van der Waals surface area contributed by atoms with Crippen LogP contribution in [0, 0.1) is 0 Å². The highest BCUT2D eigenvalue weighted by Gasteiger charge is 2.18. The molecule has 1 unspecified atom stereocenters. The lowest BCUT2D eigenvalue weighted by Crippen LogP contribution is -2.41. The molecule has 2 nitrogen and oxygen atoms in total. The number of anilines is 1. The van der Waals surface area contributed by atoms with E-state index in [4.69, 9.17) is 12.2 Å². The van der Waals surface area contributed by atoms with E-state index >= 15 is 0 Å². The number of hydrogen-bond acceptors (Lipinski definition) is 1. The van der Waals surface area contributed by atoms with Gasteiger partial charge >= 0.3 is 0 Å². The monoisotopic (exact) mass is 282 g/mol. The molecule has 1 atom stereocenters. The summed E-state index contributed by atoms with van der Waals surface area (Å²) >= 11 is 5.39. The summed E-state index contributed by atoms with van der Waals surface area (Å²) < 4.78 is 0. The first-order chi connectivity index (χ1) is 9.81. The first kappa shape index (κ1) is 13.1. The number of rotatable bonds is 2. The van der Waals surface area contributed by atoms with Crippen LogP contribution < -0.4 is 10.6 Å². The van der Waals surface area contributed by atoms with Gasteiger partial charge in [0.25, 0.3) is 0 Å². The Bertz CT molecular complexity index is 595. The lowest BCUT2D eigenvalue weighted by molar-refractivity contribution is 0.531. The van der Waals surface area contributed by atoms with Crippen molar-refractivity contribution >= 4 is 23.0 Å². The third-order valence-corrected chi connectivity index (χ3v) is 3.93. The number of para-hydroxylation sites is 1. The van der Waals surface area contributed by atoms with E-state index in [-0.39, 0.29) is 0 Å². The van der Waals surface area contributed by atoms with E-state index in [1.165, 1.54) is 11.1 Å². The van der Waals surface area contributed by atoms with Crippen LogP contribution in [0.15, 0.2) is 54.6 Å². The Kier molecular flexibility index (Phi) is 3.97. The molecular weight excluding hydrogens is 264 g/mol. The van der Waals surface area contributed by atoms with Crippen molar-refractivity contribution in [2.45, 2.75) is 25.3 Å². The molecule has 1 aliphatic rings. The Morgan fingerprint density at radius 1 is 0.950 bits per heavy atom. The predicted molar refractivity (Wildman–Crippen MR) is 88.1 cm³/mol. The van der Waals surface area contributed by atoms with Gasteiger partial charge in [-0.25, -0.2) is 0 Å². The van der Waals surface area contributed by atoms with Crippen molar-refractivity contribution in [2.24, 2.45) is 0 Å². The second-order valence-electron chi connectivity index (χ2n) is 5.17. The van der Waals surface area contributed by atoms with Crippen molar-refractivity contribution < 1.29 is 0 Å². The van der Waals surface area contributed by atoms with Gasteiger partial charge in [-0.05, 0) is 54.7 Å². The fraction of sp³-hybridized carbons (Fsp3) is 0.235. The molecule has 0 aromatic heterocycles. The number of thiocarbonyl (C=S) groups is 1. The number of benzene rings is 2. The van der Waals surface area contributed by atoms with E-state index in [0.29, 0.717) is 11.2 Å². The molecule has 0 radical (unpaired) electrons. The third-order valence-electron chi connectivity index (χ3n) is 3.71. The molecule has 3 rings (SSSR count). The van der Waals surface area contributed by atoms with E-state index in [2.05, 4.69) is 34.9 Å². The van der Waals surface area contributed by atoms with Crippen LogP contribution in [-0.4, -0.2) is 11.2 Å². The Hall–Kier alpha value is -1.87. The van der Waals surface area contributed by atoms with Crippen LogP contribution in [0.3, 0.4) is 0 Å². The van der Waals surface area contributed by atoms with Gasteiger partial charge in [-0.15, -0.1) is 0 Å².